The first kappa shape index (κ1) is 23.2. The molecule has 0 saturated carbocycles. The summed E-state index contributed by atoms with van der Waals surface area (Å²) in [5, 5.41) is 12.6. The Kier molecular flexibility index (Phi) is 7.08. The molecule has 3 N–H and O–H groups in total. The Balaban J connectivity index is 0.000000396. The van der Waals surface area contributed by atoms with Gasteiger partial charge in [0.2, 0.25) is 5.89 Å². The van der Waals surface area contributed by atoms with Gasteiger partial charge in [-0.3, -0.25) is 4.79 Å². The van der Waals surface area contributed by atoms with Crippen molar-refractivity contribution in [1.29, 1.82) is 0 Å². The molecule has 1 saturated heterocycles. The number of nitrogens with zero attached hydrogens (tertiary/aromatic N) is 1. The van der Waals surface area contributed by atoms with Gasteiger partial charge < -0.3 is 20.2 Å². The van der Waals surface area contributed by atoms with Gasteiger partial charge in [0.05, 0.1) is 5.92 Å². The molecule has 7 nitrogen and oxygen atoms in total. The second-order valence-electron chi connectivity index (χ2n) is 6.15. The molecule has 0 atom stereocenters. The van der Waals surface area contributed by atoms with Crippen molar-refractivity contribution < 1.29 is 45.5 Å². The average Bonchev–Trinajstić information content (AvgIpc) is 2.93. The Bertz CT molecular complexity index is 917. The number of aliphatic carboxylic acids is 1. The maximum atomic E-state index is 13.5. The monoisotopic (exact) mass is 439 g/mol. The SMILES string of the molecule is Cc1oc(C2CNC2)nc1C(=O)NCc1c(F)cc(F)cc1F.O=C(O)C(F)(F)F. The van der Waals surface area contributed by atoms with Crippen molar-refractivity contribution in [2.45, 2.75) is 25.6 Å². The number of carboxylic acid groups (broad SMARTS) is 1. The third kappa shape index (κ3) is 5.72. The number of aromatic nitrogens is 1. The van der Waals surface area contributed by atoms with Crippen LogP contribution >= 0.6 is 0 Å². The van der Waals surface area contributed by atoms with Crippen molar-refractivity contribution >= 4 is 11.9 Å². The predicted octanol–water partition coefficient (Wildman–Crippen LogP) is 2.65. The molecule has 30 heavy (non-hydrogen) atoms. The van der Waals surface area contributed by atoms with E-state index in [-0.39, 0.29) is 11.6 Å². The number of oxazole rings is 1. The average molecular weight is 439 g/mol. The van der Waals surface area contributed by atoms with Crippen molar-refractivity contribution in [3.05, 3.63) is 52.5 Å². The molecule has 1 aromatic carbocycles. The number of carbonyl (C=O) groups excluding carboxylic acids is 1. The van der Waals surface area contributed by atoms with E-state index in [2.05, 4.69) is 15.6 Å². The number of carboxylic acids is 1. The van der Waals surface area contributed by atoms with E-state index >= 15 is 0 Å². The highest BCUT2D eigenvalue weighted by Gasteiger charge is 2.38. The lowest BCUT2D eigenvalue weighted by molar-refractivity contribution is -0.192. The van der Waals surface area contributed by atoms with Crippen molar-refractivity contribution in [3.8, 4) is 0 Å². The molecule has 164 valence electrons. The van der Waals surface area contributed by atoms with Gasteiger partial charge >= 0.3 is 12.1 Å². The largest absolute Gasteiger partial charge is 0.490 e. The van der Waals surface area contributed by atoms with Gasteiger partial charge in [0.15, 0.2) is 5.69 Å². The Morgan fingerprint density at radius 3 is 2.20 bits per heavy atom. The van der Waals surface area contributed by atoms with E-state index in [9.17, 15) is 31.1 Å². The minimum absolute atomic E-state index is 0.0785. The van der Waals surface area contributed by atoms with Gasteiger partial charge in [-0.25, -0.2) is 22.9 Å². The van der Waals surface area contributed by atoms with Gasteiger partial charge in [-0.1, -0.05) is 0 Å². The molecule has 2 heterocycles. The summed E-state index contributed by atoms with van der Waals surface area (Å²) in [7, 11) is 0. The lowest BCUT2D eigenvalue weighted by atomic mass is 10.0. The van der Waals surface area contributed by atoms with Crippen molar-refractivity contribution in [2.24, 2.45) is 0 Å². The van der Waals surface area contributed by atoms with Crippen LogP contribution in [0.2, 0.25) is 0 Å². The molecule has 0 unspecified atom stereocenters. The second-order valence-corrected chi connectivity index (χ2v) is 6.15. The molecule has 2 aromatic rings. The molecule has 13 heteroatoms. The molecular formula is C17H15F6N3O4. The first-order valence-corrected chi connectivity index (χ1v) is 8.30. The van der Waals surface area contributed by atoms with Gasteiger partial charge in [0.25, 0.3) is 5.91 Å². The summed E-state index contributed by atoms with van der Waals surface area (Å²) >= 11 is 0. The third-order valence-corrected chi connectivity index (χ3v) is 3.93. The smallest absolute Gasteiger partial charge is 0.475 e. The maximum Gasteiger partial charge on any atom is 0.490 e. The first-order valence-electron chi connectivity index (χ1n) is 8.30. The van der Waals surface area contributed by atoms with Crippen molar-refractivity contribution in [2.75, 3.05) is 13.1 Å². The minimum Gasteiger partial charge on any atom is -0.475 e. The van der Waals surface area contributed by atoms with Crippen LogP contribution in [-0.2, 0) is 11.3 Å². The Labute approximate surface area is 165 Å². The number of nitrogens with one attached hydrogen (secondary N) is 2. The molecule has 1 aliphatic rings. The predicted molar refractivity (Wildman–Crippen MR) is 88.0 cm³/mol. The van der Waals surface area contributed by atoms with Gasteiger partial charge in [-0.2, -0.15) is 13.2 Å². The van der Waals surface area contributed by atoms with Gasteiger partial charge in [0, 0.05) is 37.3 Å². The molecule has 0 aliphatic carbocycles. The highest BCUT2D eigenvalue weighted by molar-refractivity contribution is 5.93. The summed E-state index contributed by atoms with van der Waals surface area (Å²) in [5.74, 6) is -5.55. The van der Waals surface area contributed by atoms with E-state index in [0.717, 1.165) is 13.1 Å². The number of amides is 1. The number of aryl methyl sites for hydroxylation is 1. The number of hydrogen-bond donors (Lipinski definition) is 3. The molecule has 1 amide bonds. The third-order valence-electron chi connectivity index (χ3n) is 3.93. The summed E-state index contributed by atoms with van der Waals surface area (Å²) in [5.41, 5.74) is -0.334. The highest BCUT2D eigenvalue weighted by Crippen LogP contribution is 2.22. The Hall–Kier alpha value is -3.09. The quantitative estimate of drug-likeness (QED) is 0.633. The summed E-state index contributed by atoms with van der Waals surface area (Å²) in [4.78, 5) is 25.1. The molecule has 1 aliphatic heterocycles. The molecule has 0 bridgehead atoms. The summed E-state index contributed by atoms with van der Waals surface area (Å²) in [6.45, 7) is 2.64. The number of alkyl halides is 3. The van der Waals surface area contributed by atoms with E-state index in [4.69, 9.17) is 14.3 Å². The number of benzene rings is 1. The summed E-state index contributed by atoms with van der Waals surface area (Å²) < 4.78 is 77.1. The standard InChI is InChI=1S/C15H14F3N3O2.C2HF3O2/c1-7-13(21-15(23-7)8-4-19-5-8)14(22)20-6-10-11(17)2-9(16)3-12(10)18;3-2(4,5)1(6)7/h2-3,8,19H,4-6H2,1H3,(H,20,22);(H,6,7). The van der Waals surface area contributed by atoms with Crippen LogP contribution in [0.1, 0.15) is 33.6 Å². The van der Waals surface area contributed by atoms with E-state index in [1.807, 2.05) is 0 Å². The molecule has 1 aromatic heterocycles. The molecular weight excluding hydrogens is 424 g/mol. The van der Waals surface area contributed by atoms with E-state index in [0.29, 0.717) is 23.8 Å². The Morgan fingerprint density at radius 1 is 1.23 bits per heavy atom. The zero-order valence-corrected chi connectivity index (χ0v) is 15.2. The zero-order chi connectivity index (χ0) is 22.6. The fraction of sp³-hybridized carbons (Fsp3) is 0.353. The molecule has 1 fully saturated rings. The van der Waals surface area contributed by atoms with Crippen LogP contribution < -0.4 is 10.6 Å². The van der Waals surface area contributed by atoms with Crippen LogP contribution in [-0.4, -0.2) is 41.2 Å². The van der Waals surface area contributed by atoms with Gasteiger partial charge in [-0.15, -0.1) is 0 Å². The fourth-order valence-corrected chi connectivity index (χ4v) is 2.26. The fourth-order valence-electron chi connectivity index (χ4n) is 2.26. The number of rotatable bonds is 4. The van der Waals surface area contributed by atoms with Crippen LogP contribution in [0, 0.1) is 24.4 Å². The van der Waals surface area contributed by atoms with E-state index in [1.54, 1.807) is 6.92 Å². The van der Waals surface area contributed by atoms with Crippen LogP contribution in [0.5, 0.6) is 0 Å². The second kappa shape index (κ2) is 9.15. The van der Waals surface area contributed by atoms with Gasteiger partial charge in [0.1, 0.15) is 23.2 Å². The zero-order valence-electron chi connectivity index (χ0n) is 15.2. The van der Waals surface area contributed by atoms with Crippen molar-refractivity contribution in [1.82, 2.24) is 15.6 Å². The lowest BCUT2D eigenvalue weighted by Crippen LogP contribution is -2.40. The topological polar surface area (TPSA) is 104 Å². The summed E-state index contributed by atoms with van der Waals surface area (Å²) in [6, 6.07) is 1.13. The van der Waals surface area contributed by atoms with Crippen LogP contribution in [0.25, 0.3) is 0 Å². The lowest BCUT2D eigenvalue weighted by Gasteiger charge is -2.23. The van der Waals surface area contributed by atoms with Crippen LogP contribution in [0.4, 0.5) is 26.3 Å². The maximum absolute atomic E-state index is 13.5. The molecule has 0 radical (unpaired) electrons. The van der Waals surface area contributed by atoms with Crippen LogP contribution in [0.15, 0.2) is 16.5 Å². The highest BCUT2D eigenvalue weighted by atomic mass is 19.4. The Morgan fingerprint density at radius 2 is 1.77 bits per heavy atom. The number of hydrogen-bond acceptors (Lipinski definition) is 5. The molecule has 0 spiro atoms. The number of halogens is 6. The first-order chi connectivity index (χ1) is 13.9. The molecule has 3 rings (SSSR count). The van der Waals surface area contributed by atoms with Crippen molar-refractivity contribution in [3.63, 3.8) is 0 Å². The van der Waals surface area contributed by atoms with E-state index < -0.39 is 47.6 Å². The van der Waals surface area contributed by atoms with Gasteiger partial charge in [-0.05, 0) is 6.92 Å². The minimum atomic E-state index is -5.08. The van der Waals surface area contributed by atoms with E-state index in [1.165, 1.54) is 0 Å². The number of carbonyl (C=O) groups is 2. The normalized spacial score (nSPS) is 13.8. The summed E-state index contributed by atoms with van der Waals surface area (Å²) in [6.07, 6.45) is -5.08. The van der Waals surface area contributed by atoms with Crippen LogP contribution in [0.3, 0.4) is 0 Å².